The number of ether oxygens (including phenoxy) is 1. The van der Waals surface area contributed by atoms with Crippen LogP contribution in [0.4, 0.5) is 14.9 Å². The molecule has 1 atom stereocenters. The fourth-order valence-electron chi connectivity index (χ4n) is 4.43. The van der Waals surface area contributed by atoms with Gasteiger partial charge in [0.15, 0.2) is 0 Å². The number of piperazine rings is 1. The molecule has 176 valence electrons. The highest BCUT2D eigenvalue weighted by Crippen LogP contribution is 2.35. The van der Waals surface area contributed by atoms with E-state index in [4.69, 9.17) is 4.74 Å². The van der Waals surface area contributed by atoms with Crippen molar-refractivity contribution in [2.45, 2.75) is 6.04 Å². The van der Waals surface area contributed by atoms with Gasteiger partial charge in [0.2, 0.25) is 0 Å². The fourth-order valence-corrected chi connectivity index (χ4v) is 4.43. The summed E-state index contributed by atoms with van der Waals surface area (Å²) in [5, 5.41) is 0. The molecule has 0 aromatic heterocycles. The quantitative estimate of drug-likeness (QED) is 0.488. The first-order chi connectivity index (χ1) is 16.1. The number of imide groups is 1. The first-order valence-electron chi connectivity index (χ1n) is 11.0. The minimum absolute atomic E-state index is 0. The van der Waals surface area contributed by atoms with E-state index in [1.807, 2.05) is 54.6 Å². The van der Waals surface area contributed by atoms with E-state index in [0.29, 0.717) is 44.2 Å². The Kier molecular flexibility index (Phi) is 7.14. The summed E-state index contributed by atoms with van der Waals surface area (Å²) in [6.45, 7) is 2.64. The number of halogens is 2. The van der Waals surface area contributed by atoms with Gasteiger partial charge in [-0.3, -0.25) is 9.69 Å². The number of carbonyl (C=O) groups is 2. The SMILES string of the molecule is Cl.O=C1C2CN(CCOc3ccc(F)cc3)CCN2C(=O)N1c1ccccc1-c1ccccc1. The Morgan fingerprint density at radius 3 is 2.35 bits per heavy atom. The Labute approximate surface area is 203 Å². The number of amides is 3. The molecule has 2 heterocycles. The maximum atomic E-state index is 13.4. The molecule has 3 aromatic rings. The van der Waals surface area contributed by atoms with Gasteiger partial charge in [0.1, 0.15) is 24.2 Å². The van der Waals surface area contributed by atoms with Crippen LogP contribution in [0.3, 0.4) is 0 Å². The smallest absolute Gasteiger partial charge is 0.332 e. The molecule has 0 aliphatic carbocycles. The zero-order valence-electron chi connectivity index (χ0n) is 18.5. The van der Waals surface area contributed by atoms with Crippen LogP contribution in [0.25, 0.3) is 11.1 Å². The number of hydrogen-bond acceptors (Lipinski definition) is 4. The van der Waals surface area contributed by atoms with Gasteiger partial charge in [0.05, 0.1) is 5.69 Å². The predicted octanol–water partition coefficient (Wildman–Crippen LogP) is 4.45. The number of para-hydroxylation sites is 1. The van der Waals surface area contributed by atoms with E-state index >= 15 is 0 Å². The Morgan fingerprint density at radius 1 is 0.882 bits per heavy atom. The number of nitrogens with zero attached hydrogens (tertiary/aromatic N) is 3. The summed E-state index contributed by atoms with van der Waals surface area (Å²) in [5.74, 6) is 0.0969. The minimum atomic E-state index is -0.513. The largest absolute Gasteiger partial charge is 0.492 e. The maximum Gasteiger partial charge on any atom is 0.332 e. The van der Waals surface area contributed by atoms with Crippen molar-refractivity contribution in [3.8, 4) is 16.9 Å². The normalized spacial score (nSPS) is 18.0. The Bertz CT molecular complexity index is 1160. The Hall–Kier alpha value is -3.42. The zero-order chi connectivity index (χ0) is 22.8. The lowest BCUT2D eigenvalue weighted by Gasteiger charge is -2.35. The molecule has 2 aliphatic heterocycles. The molecular formula is C26H25ClFN3O3. The van der Waals surface area contributed by atoms with Crippen LogP contribution in [0.2, 0.25) is 0 Å². The third kappa shape index (κ3) is 4.62. The Balaban J connectivity index is 0.00000274. The molecule has 0 N–H and O–H groups in total. The van der Waals surface area contributed by atoms with Crippen molar-refractivity contribution in [3.05, 3.63) is 84.7 Å². The highest BCUT2D eigenvalue weighted by atomic mass is 35.5. The summed E-state index contributed by atoms with van der Waals surface area (Å²) in [5.41, 5.74) is 2.42. The number of fused-ring (bicyclic) bond motifs is 1. The lowest BCUT2D eigenvalue weighted by atomic mass is 10.0. The van der Waals surface area contributed by atoms with Crippen LogP contribution < -0.4 is 9.64 Å². The van der Waals surface area contributed by atoms with Crippen LogP contribution in [0.15, 0.2) is 78.9 Å². The molecular weight excluding hydrogens is 457 g/mol. The standard InChI is InChI=1S/C26H24FN3O3.ClH/c27-20-10-12-21(13-11-20)33-17-16-28-14-15-29-24(18-28)25(31)30(26(29)32)23-9-5-4-8-22(23)19-6-2-1-3-7-19;/h1-13,24H,14-18H2;1H. The second kappa shape index (κ2) is 10.2. The van der Waals surface area contributed by atoms with Gasteiger partial charge < -0.3 is 9.64 Å². The van der Waals surface area contributed by atoms with E-state index in [1.165, 1.54) is 17.0 Å². The summed E-state index contributed by atoms with van der Waals surface area (Å²) >= 11 is 0. The lowest BCUT2D eigenvalue weighted by molar-refractivity contribution is -0.121. The van der Waals surface area contributed by atoms with Crippen molar-refractivity contribution in [1.82, 2.24) is 9.80 Å². The molecule has 2 saturated heterocycles. The number of anilines is 1. The van der Waals surface area contributed by atoms with Crippen LogP contribution in [0, 0.1) is 5.82 Å². The average Bonchev–Trinajstić information content (AvgIpc) is 3.10. The third-order valence-electron chi connectivity index (χ3n) is 6.13. The van der Waals surface area contributed by atoms with Crippen molar-refractivity contribution >= 4 is 30.0 Å². The van der Waals surface area contributed by atoms with Crippen molar-refractivity contribution in [2.24, 2.45) is 0 Å². The zero-order valence-corrected chi connectivity index (χ0v) is 19.3. The van der Waals surface area contributed by atoms with Crippen LogP contribution in [0.5, 0.6) is 5.75 Å². The number of urea groups is 1. The summed E-state index contributed by atoms with van der Waals surface area (Å²) in [6.07, 6.45) is 0. The molecule has 5 rings (SSSR count). The fraction of sp³-hybridized carbons (Fsp3) is 0.231. The second-order valence-corrected chi connectivity index (χ2v) is 8.15. The third-order valence-corrected chi connectivity index (χ3v) is 6.13. The number of carbonyl (C=O) groups excluding carboxylic acids is 2. The maximum absolute atomic E-state index is 13.4. The van der Waals surface area contributed by atoms with Crippen molar-refractivity contribution in [1.29, 1.82) is 0 Å². The summed E-state index contributed by atoms with van der Waals surface area (Å²) < 4.78 is 18.7. The lowest BCUT2D eigenvalue weighted by Crippen LogP contribution is -2.53. The predicted molar refractivity (Wildman–Crippen MR) is 131 cm³/mol. The van der Waals surface area contributed by atoms with Gasteiger partial charge >= 0.3 is 6.03 Å². The molecule has 8 heteroatoms. The summed E-state index contributed by atoms with van der Waals surface area (Å²) in [6, 6.07) is 22.4. The Morgan fingerprint density at radius 2 is 1.59 bits per heavy atom. The number of hydrogen-bond donors (Lipinski definition) is 0. The van der Waals surface area contributed by atoms with E-state index in [9.17, 15) is 14.0 Å². The average molecular weight is 482 g/mol. The summed E-state index contributed by atoms with van der Waals surface area (Å²) in [7, 11) is 0. The van der Waals surface area contributed by atoms with Crippen molar-refractivity contribution < 1.29 is 18.7 Å². The number of rotatable bonds is 6. The summed E-state index contributed by atoms with van der Waals surface area (Å²) in [4.78, 5) is 31.7. The molecule has 6 nitrogen and oxygen atoms in total. The van der Waals surface area contributed by atoms with Crippen molar-refractivity contribution in [3.63, 3.8) is 0 Å². The first-order valence-corrected chi connectivity index (χ1v) is 11.0. The van der Waals surface area contributed by atoms with Gasteiger partial charge in [-0.25, -0.2) is 14.1 Å². The van der Waals surface area contributed by atoms with Gasteiger partial charge in [-0.1, -0.05) is 48.5 Å². The van der Waals surface area contributed by atoms with Crippen LogP contribution in [-0.2, 0) is 4.79 Å². The van der Waals surface area contributed by atoms with Crippen LogP contribution >= 0.6 is 12.4 Å². The molecule has 34 heavy (non-hydrogen) atoms. The molecule has 1 unspecified atom stereocenters. The topological polar surface area (TPSA) is 53.1 Å². The van der Waals surface area contributed by atoms with Gasteiger partial charge in [-0.2, -0.15) is 0 Å². The van der Waals surface area contributed by atoms with E-state index < -0.39 is 6.04 Å². The van der Waals surface area contributed by atoms with E-state index in [-0.39, 0.29) is 30.2 Å². The minimum Gasteiger partial charge on any atom is -0.492 e. The molecule has 2 fully saturated rings. The number of benzene rings is 3. The van der Waals surface area contributed by atoms with Crippen LogP contribution in [0.1, 0.15) is 0 Å². The highest BCUT2D eigenvalue weighted by molar-refractivity contribution is 6.23. The van der Waals surface area contributed by atoms with Gasteiger partial charge in [-0.05, 0) is 35.9 Å². The molecule has 3 aromatic carbocycles. The molecule has 3 amide bonds. The second-order valence-electron chi connectivity index (χ2n) is 8.15. The highest BCUT2D eigenvalue weighted by Gasteiger charge is 2.48. The van der Waals surface area contributed by atoms with E-state index in [1.54, 1.807) is 17.0 Å². The molecule has 2 aliphatic rings. The first kappa shape index (κ1) is 23.7. The molecule has 0 bridgehead atoms. The molecule has 0 radical (unpaired) electrons. The van der Waals surface area contributed by atoms with E-state index in [2.05, 4.69) is 4.90 Å². The molecule has 0 saturated carbocycles. The van der Waals surface area contributed by atoms with Gasteiger partial charge in [0.25, 0.3) is 5.91 Å². The van der Waals surface area contributed by atoms with Crippen molar-refractivity contribution in [2.75, 3.05) is 37.7 Å². The molecule has 0 spiro atoms. The monoisotopic (exact) mass is 481 g/mol. The van der Waals surface area contributed by atoms with E-state index in [0.717, 1.165) is 11.1 Å². The van der Waals surface area contributed by atoms with Gasteiger partial charge in [-0.15, -0.1) is 12.4 Å². The van der Waals surface area contributed by atoms with Gasteiger partial charge in [0, 0.05) is 31.7 Å². The van der Waals surface area contributed by atoms with Crippen LogP contribution in [-0.4, -0.2) is 60.6 Å².